The minimum Gasteiger partial charge on any atom is -0.455 e. The highest BCUT2D eigenvalue weighted by molar-refractivity contribution is 9.10. The largest absolute Gasteiger partial charge is 0.455 e. The van der Waals surface area contributed by atoms with E-state index in [1.807, 2.05) is 31.2 Å². The van der Waals surface area contributed by atoms with Gasteiger partial charge in [-0.1, -0.05) is 15.9 Å². The topological polar surface area (TPSA) is 34.1 Å². The molecule has 2 aromatic rings. The lowest BCUT2D eigenvalue weighted by Crippen LogP contribution is -2.35. The summed E-state index contributed by atoms with van der Waals surface area (Å²) in [7, 11) is 0. The lowest BCUT2D eigenvalue weighted by atomic mass is 10.1. The maximum Gasteiger partial charge on any atom is 0.148 e. The van der Waals surface area contributed by atoms with E-state index in [0.717, 1.165) is 33.8 Å². The predicted molar refractivity (Wildman–Crippen MR) is 89.8 cm³/mol. The summed E-state index contributed by atoms with van der Waals surface area (Å²) in [6, 6.07) is 9.87. The molecule has 0 aliphatic rings. The van der Waals surface area contributed by atoms with Gasteiger partial charge in [0.05, 0.1) is 5.69 Å². The summed E-state index contributed by atoms with van der Waals surface area (Å²) in [4.78, 5) is 4.26. The van der Waals surface area contributed by atoms with Crippen molar-refractivity contribution in [3.05, 3.63) is 52.3 Å². The van der Waals surface area contributed by atoms with E-state index in [1.165, 1.54) is 0 Å². The van der Waals surface area contributed by atoms with Gasteiger partial charge in [0.2, 0.25) is 0 Å². The van der Waals surface area contributed by atoms with Crippen LogP contribution in [-0.4, -0.2) is 10.5 Å². The van der Waals surface area contributed by atoms with Gasteiger partial charge >= 0.3 is 0 Å². The van der Waals surface area contributed by atoms with E-state index in [-0.39, 0.29) is 5.54 Å². The van der Waals surface area contributed by atoms with Gasteiger partial charge in [-0.25, -0.2) is 0 Å². The van der Waals surface area contributed by atoms with Crippen molar-refractivity contribution in [2.75, 3.05) is 0 Å². The summed E-state index contributed by atoms with van der Waals surface area (Å²) in [6.07, 6.45) is 1.77. The van der Waals surface area contributed by atoms with Crippen molar-refractivity contribution in [2.24, 2.45) is 0 Å². The second kappa shape index (κ2) is 6.58. The molecule has 0 saturated carbocycles. The second-order valence-corrected chi connectivity index (χ2v) is 6.96. The van der Waals surface area contributed by atoms with Crippen molar-refractivity contribution in [2.45, 2.75) is 39.8 Å². The van der Waals surface area contributed by atoms with Crippen LogP contribution in [0.4, 0.5) is 0 Å². The highest BCUT2D eigenvalue weighted by Gasteiger charge is 2.12. The highest BCUT2D eigenvalue weighted by Crippen LogP contribution is 2.29. The zero-order chi connectivity index (χ0) is 15.5. The van der Waals surface area contributed by atoms with Gasteiger partial charge in [0, 0.05) is 28.3 Å². The van der Waals surface area contributed by atoms with Crippen LogP contribution in [0, 0.1) is 6.92 Å². The average Bonchev–Trinajstić information content (AvgIpc) is 2.40. The van der Waals surface area contributed by atoms with Crippen LogP contribution in [0.2, 0.25) is 0 Å². The normalized spacial score (nSPS) is 11.5. The highest BCUT2D eigenvalue weighted by atomic mass is 79.9. The van der Waals surface area contributed by atoms with Gasteiger partial charge < -0.3 is 10.1 Å². The van der Waals surface area contributed by atoms with Crippen LogP contribution >= 0.6 is 15.9 Å². The van der Waals surface area contributed by atoms with Gasteiger partial charge in [-0.15, -0.1) is 0 Å². The number of aromatic nitrogens is 1. The van der Waals surface area contributed by atoms with Crippen LogP contribution in [-0.2, 0) is 6.54 Å². The number of halogens is 1. The fraction of sp³-hybridized carbons (Fsp3) is 0.353. The number of nitrogens with one attached hydrogen (secondary N) is 1. The van der Waals surface area contributed by atoms with Gasteiger partial charge in [-0.2, -0.15) is 0 Å². The molecule has 0 fully saturated rings. The molecule has 1 aromatic heterocycles. The molecule has 0 amide bonds. The third kappa shape index (κ3) is 4.83. The minimum absolute atomic E-state index is 0.0593. The maximum absolute atomic E-state index is 6.04. The average molecular weight is 349 g/mol. The Kier molecular flexibility index (Phi) is 5.01. The number of hydrogen-bond acceptors (Lipinski definition) is 3. The quantitative estimate of drug-likeness (QED) is 0.858. The first kappa shape index (κ1) is 16.0. The summed E-state index contributed by atoms with van der Waals surface area (Å²) >= 11 is 3.52. The molecule has 1 N–H and O–H groups in total. The van der Waals surface area contributed by atoms with Gasteiger partial charge in [-0.3, -0.25) is 4.98 Å². The number of nitrogens with zero attached hydrogens (tertiary/aromatic N) is 1. The Morgan fingerprint density at radius 1 is 1.19 bits per heavy atom. The van der Waals surface area contributed by atoms with E-state index in [9.17, 15) is 0 Å². The van der Waals surface area contributed by atoms with Gasteiger partial charge in [0.25, 0.3) is 0 Å². The second-order valence-electron chi connectivity index (χ2n) is 6.04. The molecule has 0 radical (unpaired) electrons. The Balaban J connectivity index is 2.25. The van der Waals surface area contributed by atoms with Crippen LogP contribution in [0.5, 0.6) is 11.5 Å². The molecule has 21 heavy (non-hydrogen) atoms. The zero-order valence-corrected chi connectivity index (χ0v) is 14.5. The Labute approximate surface area is 134 Å². The third-order valence-corrected chi connectivity index (χ3v) is 3.50. The molecule has 2 rings (SSSR count). The van der Waals surface area contributed by atoms with Crippen LogP contribution in [0.1, 0.15) is 32.0 Å². The van der Waals surface area contributed by atoms with Crippen molar-refractivity contribution in [3.63, 3.8) is 0 Å². The number of pyridine rings is 1. The van der Waals surface area contributed by atoms with Crippen LogP contribution in [0.15, 0.2) is 41.0 Å². The van der Waals surface area contributed by atoms with E-state index >= 15 is 0 Å². The van der Waals surface area contributed by atoms with Crippen LogP contribution in [0.25, 0.3) is 0 Å². The molecular formula is C17H21BrN2O. The zero-order valence-electron chi connectivity index (χ0n) is 12.9. The molecule has 0 atom stereocenters. The fourth-order valence-electron chi connectivity index (χ4n) is 1.84. The molecular weight excluding hydrogens is 328 g/mol. The molecule has 0 bridgehead atoms. The fourth-order valence-corrected chi connectivity index (χ4v) is 2.25. The Morgan fingerprint density at radius 2 is 1.95 bits per heavy atom. The lowest BCUT2D eigenvalue weighted by molar-refractivity contribution is 0.413. The maximum atomic E-state index is 6.04. The minimum atomic E-state index is 0.0593. The first-order valence-electron chi connectivity index (χ1n) is 6.98. The molecule has 4 heteroatoms. The van der Waals surface area contributed by atoms with E-state index in [0.29, 0.717) is 0 Å². The number of aryl methyl sites for hydroxylation is 1. The third-order valence-electron chi connectivity index (χ3n) is 3.01. The van der Waals surface area contributed by atoms with Crippen molar-refractivity contribution >= 4 is 15.9 Å². The summed E-state index contributed by atoms with van der Waals surface area (Å²) in [5.74, 6) is 1.64. The number of benzene rings is 1. The standard InChI is InChI=1S/C17H21BrN2O/c1-12-15(6-5-9-19-12)21-16-8-7-14(18)10-13(16)11-20-17(2,3)4/h5-10,20H,11H2,1-4H3. The van der Waals surface area contributed by atoms with Gasteiger partial charge in [0.1, 0.15) is 11.5 Å². The summed E-state index contributed by atoms with van der Waals surface area (Å²) in [5, 5.41) is 3.49. The van der Waals surface area contributed by atoms with Gasteiger partial charge in [-0.05, 0) is 58.0 Å². The van der Waals surface area contributed by atoms with E-state index in [4.69, 9.17) is 4.74 Å². The Bertz CT molecular complexity index is 620. The van der Waals surface area contributed by atoms with E-state index in [1.54, 1.807) is 6.20 Å². The number of hydrogen-bond donors (Lipinski definition) is 1. The smallest absolute Gasteiger partial charge is 0.148 e. The van der Waals surface area contributed by atoms with Crippen LogP contribution in [0.3, 0.4) is 0 Å². The van der Waals surface area contributed by atoms with Crippen molar-refractivity contribution in [1.29, 1.82) is 0 Å². The molecule has 0 unspecified atom stereocenters. The lowest BCUT2D eigenvalue weighted by Gasteiger charge is -2.22. The molecule has 3 nitrogen and oxygen atoms in total. The molecule has 1 aromatic carbocycles. The molecule has 1 heterocycles. The van der Waals surface area contributed by atoms with E-state index < -0.39 is 0 Å². The molecule has 112 valence electrons. The van der Waals surface area contributed by atoms with Crippen molar-refractivity contribution in [1.82, 2.24) is 10.3 Å². The molecule has 0 saturated heterocycles. The first-order valence-corrected chi connectivity index (χ1v) is 7.77. The first-order chi connectivity index (χ1) is 9.85. The SMILES string of the molecule is Cc1ncccc1Oc1ccc(Br)cc1CNC(C)(C)C. The summed E-state index contributed by atoms with van der Waals surface area (Å²) in [6.45, 7) is 9.14. The number of rotatable bonds is 4. The summed E-state index contributed by atoms with van der Waals surface area (Å²) in [5.41, 5.74) is 2.06. The Morgan fingerprint density at radius 3 is 2.62 bits per heavy atom. The number of ether oxygens (including phenoxy) is 1. The monoisotopic (exact) mass is 348 g/mol. The van der Waals surface area contributed by atoms with Crippen molar-refractivity contribution in [3.8, 4) is 11.5 Å². The molecule has 0 spiro atoms. The molecule has 0 aliphatic heterocycles. The van der Waals surface area contributed by atoms with E-state index in [2.05, 4.69) is 53.1 Å². The molecule has 0 aliphatic carbocycles. The predicted octanol–water partition coefficient (Wildman–Crippen LogP) is 4.83. The Hall–Kier alpha value is -1.39. The van der Waals surface area contributed by atoms with Gasteiger partial charge in [0.15, 0.2) is 0 Å². The van der Waals surface area contributed by atoms with Crippen LogP contribution < -0.4 is 10.1 Å². The summed E-state index contributed by atoms with van der Waals surface area (Å²) < 4.78 is 7.08. The van der Waals surface area contributed by atoms with Crippen molar-refractivity contribution < 1.29 is 4.74 Å².